The van der Waals surface area contributed by atoms with Gasteiger partial charge in [0, 0.05) is 23.5 Å². The summed E-state index contributed by atoms with van der Waals surface area (Å²) in [5, 5.41) is 19.3. The van der Waals surface area contributed by atoms with Gasteiger partial charge in [0.15, 0.2) is 0 Å². The molecule has 0 aliphatic rings. The Bertz CT molecular complexity index is 973. The van der Waals surface area contributed by atoms with Gasteiger partial charge < -0.3 is 9.29 Å². The van der Waals surface area contributed by atoms with E-state index in [-0.39, 0.29) is 0 Å². The van der Waals surface area contributed by atoms with Crippen molar-refractivity contribution in [1.29, 1.82) is 10.5 Å². The Kier molecular flexibility index (Phi) is 3.97. The van der Waals surface area contributed by atoms with E-state index in [0.29, 0.717) is 11.1 Å². The average molecular weight is 318 g/mol. The summed E-state index contributed by atoms with van der Waals surface area (Å²) in [4.78, 5) is 0.965. The number of aromatic nitrogens is 1. The lowest BCUT2D eigenvalue weighted by Crippen LogP contribution is -1.93. The summed E-state index contributed by atoms with van der Waals surface area (Å²) in [7, 11) is 1.94. The Labute approximate surface area is 139 Å². The minimum atomic E-state index is 0.636. The van der Waals surface area contributed by atoms with Crippen molar-refractivity contribution in [3.8, 4) is 12.1 Å². The molecule has 1 aromatic heterocycles. The molecular weight excluding hydrogens is 304 g/mol. The lowest BCUT2D eigenvalue weighted by molar-refractivity contribution is 0.968. The summed E-state index contributed by atoms with van der Waals surface area (Å²) in [6.07, 6.45) is 1.85. The van der Waals surface area contributed by atoms with Gasteiger partial charge in [0.05, 0.1) is 28.4 Å². The van der Waals surface area contributed by atoms with E-state index in [9.17, 15) is 5.26 Å². The zero-order chi connectivity index (χ0) is 16.4. The molecule has 0 saturated carbocycles. The van der Waals surface area contributed by atoms with Crippen LogP contribution in [0.4, 0.5) is 5.69 Å². The number of hydrogen-bond donors (Lipinski definition) is 1. The summed E-state index contributed by atoms with van der Waals surface area (Å²) in [5.41, 5.74) is 4.35. The summed E-state index contributed by atoms with van der Waals surface area (Å²) in [5.74, 6) is 0. The van der Waals surface area contributed by atoms with Gasteiger partial charge in [-0.3, -0.25) is 0 Å². The van der Waals surface area contributed by atoms with E-state index in [0.717, 1.165) is 27.0 Å². The standard InChI is InChI=1S/C18H14N4S/c1-12-6-7-16(18-17(12)14(10-20)11-22(18)2)21-23-15-5-3-4-13(8-15)9-19/h3-8,11,21H,1-2H3. The fraction of sp³-hybridized carbons (Fsp3) is 0.111. The first-order chi connectivity index (χ1) is 11.1. The molecule has 5 heteroatoms. The van der Waals surface area contributed by atoms with E-state index in [1.54, 1.807) is 6.07 Å². The van der Waals surface area contributed by atoms with Crippen LogP contribution in [-0.4, -0.2) is 4.57 Å². The Hall–Kier alpha value is -2.89. The number of nitrogens with one attached hydrogen (secondary N) is 1. The smallest absolute Gasteiger partial charge is 0.101 e. The first-order valence-corrected chi connectivity index (χ1v) is 7.87. The Morgan fingerprint density at radius 1 is 1.13 bits per heavy atom. The molecule has 0 spiro atoms. The summed E-state index contributed by atoms with van der Waals surface area (Å²) in [6.45, 7) is 2.01. The van der Waals surface area contributed by atoms with Crippen molar-refractivity contribution in [2.45, 2.75) is 11.8 Å². The average Bonchev–Trinajstić information content (AvgIpc) is 2.92. The van der Waals surface area contributed by atoms with Crippen LogP contribution in [0, 0.1) is 29.6 Å². The topological polar surface area (TPSA) is 64.5 Å². The van der Waals surface area contributed by atoms with Gasteiger partial charge >= 0.3 is 0 Å². The van der Waals surface area contributed by atoms with Crippen molar-refractivity contribution >= 4 is 28.5 Å². The molecule has 3 aromatic rings. The van der Waals surface area contributed by atoms with Crippen molar-refractivity contribution < 1.29 is 0 Å². The van der Waals surface area contributed by atoms with Crippen molar-refractivity contribution in [1.82, 2.24) is 4.57 Å². The van der Waals surface area contributed by atoms with E-state index in [2.05, 4.69) is 16.9 Å². The quantitative estimate of drug-likeness (QED) is 0.729. The number of aryl methyl sites for hydroxylation is 2. The number of anilines is 1. The molecule has 0 unspecified atom stereocenters. The maximum Gasteiger partial charge on any atom is 0.101 e. The predicted molar refractivity (Wildman–Crippen MR) is 93.0 cm³/mol. The maximum absolute atomic E-state index is 9.31. The molecule has 3 rings (SSSR count). The van der Waals surface area contributed by atoms with Crippen molar-refractivity contribution in [2.75, 3.05) is 4.72 Å². The molecule has 0 fully saturated rings. The zero-order valence-corrected chi connectivity index (χ0v) is 13.6. The summed E-state index contributed by atoms with van der Waals surface area (Å²) < 4.78 is 5.31. The highest BCUT2D eigenvalue weighted by Gasteiger charge is 2.13. The zero-order valence-electron chi connectivity index (χ0n) is 12.8. The molecule has 2 aromatic carbocycles. The number of nitrogens with zero attached hydrogens (tertiary/aromatic N) is 3. The number of hydrogen-bond acceptors (Lipinski definition) is 4. The molecule has 0 saturated heterocycles. The van der Waals surface area contributed by atoms with Crippen LogP contribution in [0.5, 0.6) is 0 Å². The third-order valence-corrected chi connectivity index (χ3v) is 4.51. The van der Waals surface area contributed by atoms with Gasteiger partial charge in [-0.2, -0.15) is 10.5 Å². The first kappa shape index (κ1) is 15.0. The van der Waals surface area contributed by atoms with Crippen LogP contribution in [0.1, 0.15) is 16.7 Å². The van der Waals surface area contributed by atoms with Crippen LogP contribution >= 0.6 is 11.9 Å². The van der Waals surface area contributed by atoms with E-state index in [1.165, 1.54) is 11.9 Å². The fourth-order valence-corrected chi connectivity index (χ4v) is 3.36. The van der Waals surface area contributed by atoms with Crippen molar-refractivity contribution in [3.05, 3.63) is 59.3 Å². The molecular formula is C18H14N4S. The molecule has 4 nitrogen and oxygen atoms in total. The molecule has 1 N–H and O–H groups in total. The molecule has 0 aliphatic heterocycles. The highest BCUT2D eigenvalue weighted by atomic mass is 32.2. The molecule has 0 bridgehead atoms. The van der Waals surface area contributed by atoms with E-state index < -0.39 is 0 Å². The normalized spacial score (nSPS) is 10.3. The number of benzene rings is 2. The minimum Gasteiger partial charge on any atom is -0.347 e. The lowest BCUT2D eigenvalue weighted by atomic mass is 10.1. The molecule has 0 amide bonds. The SMILES string of the molecule is Cc1ccc(NSc2cccc(C#N)c2)c2c1c(C#N)cn2C. The number of nitriles is 2. The lowest BCUT2D eigenvalue weighted by Gasteiger charge is -2.10. The third kappa shape index (κ3) is 2.75. The Balaban J connectivity index is 1.98. The van der Waals surface area contributed by atoms with Gasteiger partial charge in [0.25, 0.3) is 0 Å². The Morgan fingerprint density at radius 2 is 1.96 bits per heavy atom. The van der Waals surface area contributed by atoms with Gasteiger partial charge in [-0.1, -0.05) is 12.1 Å². The van der Waals surface area contributed by atoms with Crippen molar-refractivity contribution in [3.63, 3.8) is 0 Å². The number of fused-ring (bicyclic) bond motifs is 1. The Morgan fingerprint density at radius 3 is 2.70 bits per heavy atom. The second-order valence-corrected chi connectivity index (χ2v) is 6.14. The first-order valence-electron chi connectivity index (χ1n) is 7.06. The van der Waals surface area contributed by atoms with Crippen LogP contribution in [0.25, 0.3) is 10.9 Å². The van der Waals surface area contributed by atoms with Gasteiger partial charge in [0.1, 0.15) is 6.07 Å². The van der Waals surface area contributed by atoms with Crippen LogP contribution in [0.3, 0.4) is 0 Å². The van der Waals surface area contributed by atoms with E-state index >= 15 is 0 Å². The van der Waals surface area contributed by atoms with Gasteiger partial charge in [-0.25, -0.2) is 0 Å². The van der Waals surface area contributed by atoms with Gasteiger partial charge in [-0.05, 0) is 48.7 Å². The minimum absolute atomic E-state index is 0.636. The molecule has 1 heterocycles. The third-order valence-electron chi connectivity index (χ3n) is 3.69. The van der Waals surface area contributed by atoms with Gasteiger partial charge in [0.2, 0.25) is 0 Å². The second kappa shape index (κ2) is 6.08. The van der Waals surface area contributed by atoms with Crippen LogP contribution in [-0.2, 0) is 7.05 Å². The van der Waals surface area contributed by atoms with Crippen LogP contribution in [0.15, 0.2) is 47.5 Å². The fourth-order valence-electron chi connectivity index (χ4n) is 2.63. The van der Waals surface area contributed by atoms with Crippen molar-refractivity contribution in [2.24, 2.45) is 7.05 Å². The van der Waals surface area contributed by atoms with E-state index in [1.807, 2.05) is 55.1 Å². The summed E-state index contributed by atoms with van der Waals surface area (Å²) >= 11 is 1.45. The highest BCUT2D eigenvalue weighted by molar-refractivity contribution is 8.00. The molecule has 0 aliphatic carbocycles. The monoisotopic (exact) mass is 318 g/mol. The number of rotatable bonds is 3. The molecule has 0 radical (unpaired) electrons. The predicted octanol–water partition coefficient (Wildman–Crippen LogP) is 4.35. The van der Waals surface area contributed by atoms with Crippen LogP contribution in [0.2, 0.25) is 0 Å². The van der Waals surface area contributed by atoms with E-state index in [4.69, 9.17) is 5.26 Å². The molecule has 23 heavy (non-hydrogen) atoms. The maximum atomic E-state index is 9.31. The largest absolute Gasteiger partial charge is 0.347 e. The second-order valence-electron chi connectivity index (χ2n) is 5.26. The highest BCUT2D eigenvalue weighted by Crippen LogP contribution is 2.33. The van der Waals surface area contributed by atoms with Crippen LogP contribution < -0.4 is 4.72 Å². The van der Waals surface area contributed by atoms with Gasteiger partial charge in [-0.15, -0.1) is 0 Å². The molecule has 112 valence electrons. The summed E-state index contributed by atoms with van der Waals surface area (Å²) in [6, 6.07) is 15.9. The molecule has 0 atom stereocenters.